The molecule has 0 radical (unpaired) electrons. The fourth-order valence-corrected chi connectivity index (χ4v) is 3.29. The van der Waals surface area contributed by atoms with E-state index in [4.69, 9.17) is 0 Å². The van der Waals surface area contributed by atoms with Crippen molar-refractivity contribution < 1.29 is 4.79 Å². The van der Waals surface area contributed by atoms with Crippen molar-refractivity contribution in [2.75, 3.05) is 38.1 Å². The molecular formula is C20H23N5O. The van der Waals surface area contributed by atoms with Gasteiger partial charge in [0.2, 0.25) is 0 Å². The predicted octanol–water partition coefficient (Wildman–Crippen LogP) is 2.02. The molecule has 0 unspecified atom stereocenters. The predicted molar refractivity (Wildman–Crippen MR) is 103 cm³/mol. The highest BCUT2D eigenvalue weighted by Gasteiger charge is 2.17. The standard InChI is InChI=1S/C20H23N5O/c1-23-10-12-24(13-11-23)19-8-7-18-6-5-16(15-25(18)19)20(26)22-14-17-4-2-3-9-21-17/h2-9,15H,10-14H2,1H3,(H,22,26). The van der Waals surface area contributed by atoms with Crippen LogP contribution >= 0.6 is 0 Å². The maximum absolute atomic E-state index is 12.5. The monoisotopic (exact) mass is 349 g/mol. The van der Waals surface area contributed by atoms with Crippen molar-refractivity contribution >= 4 is 17.2 Å². The number of hydrogen-bond acceptors (Lipinski definition) is 4. The molecule has 1 fully saturated rings. The van der Waals surface area contributed by atoms with Gasteiger partial charge in [0, 0.05) is 44.1 Å². The average molecular weight is 349 g/mol. The fraction of sp³-hybridized carbons (Fsp3) is 0.300. The van der Waals surface area contributed by atoms with Gasteiger partial charge in [-0.25, -0.2) is 0 Å². The van der Waals surface area contributed by atoms with Crippen LogP contribution < -0.4 is 10.2 Å². The summed E-state index contributed by atoms with van der Waals surface area (Å²) in [4.78, 5) is 21.5. The van der Waals surface area contributed by atoms with Gasteiger partial charge in [-0.1, -0.05) is 6.07 Å². The van der Waals surface area contributed by atoms with Gasteiger partial charge in [-0.15, -0.1) is 0 Å². The second-order valence-corrected chi connectivity index (χ2v) is 6.70. The lowest BCUT2D eigenvalue weighted by molar-refractivity contribution is 0.0950. The first kappa shape index (κ1) is 16.6. The lowest BCUT2D eigenvalue weighted by atomic mass is 10.2. The molecule has 0 saturated carbocycles. The number of nitrogens with one attached hydrogen (secondary N) is 1. The number of carbonyl (C=O) groups excluding carboxylic acids is 1. The third-order valence-corrected chi connectivity index (χ3v) is 4.88. The van der Waals surface area contributed by atoms with Gasteiger partial charge in [0.05, 0.1) is 17.8 Å². The van der Waals surface area contributed by atoms with Crippen molar-refractivity contribution in [1.82, 2.24) is 19.6 Å². The van der Waals surface area contributed by atoms with Crippen molar-refractivity contribution in [2.45, 2.75) is 6.54 Å². The van der Waals surface area contributed by atoms with E-state index in [0.29, 0.717) is 12.1 Å². The van der Waals surface area contributed by atoms with Crippen molar-refractivity contribution in [3.63, 3.8) is 0 Å². The first-order valence-corrected chi connectivity index (χ1v) is 8.93. The highest BCUT2D eigenvalue weighted by Crippen LogP contribution is 2.21. The van der Waals surface area contributed by atoms with Crippen molar-refractivity contribution in [3.05, 3.63) is 66.1 Å². The van der Waals surface area contributed by atoms with Crippen molar-refractivity contribution in [3.8, 4) is 0 Å². The molecule has 1 saturated heterocycles. The molecule has 4 rings (SSSR count). The summed E-state index contributed by atoms with van der Waals surface area (Å²) < 4.78 is 2.11. The Hall–Kier alpha value is -2.86. The maximum Gasteiger partial charge on any atom is 0.253 e. The summed E-state index contributed by atoms with van der Waals surface area (Å²) in [6, 6.07) is 13.8. The van der Waals surface area contributed by atoms with E-state index in [2.05, 4.69) is 43.7 Å². The number of rotatable bonds is 4. The van der Waals surface area contributed by atoms with Crippen LogP contribution in [0, 0.1) is 0 Å². The lowest BCUT2D eigenvalue weighted by Gasteiger charge is -2.33. The third-order valence-electron chi connectivity index (χ3n) is 4.88. The molecule has 26 heavy (non-hydrogen) atoms. The Labute approximate surface area is 153 Å². The minimum atomic E-state index is -0.0874. The Bertz CT molecular complexity index is 897. The number of likely N-dealkylation sites (N-methyl/N-ethyl adjacent to an activating group) is 1. The number of anilines is 1. The second-order valence-electron chi connectivity index (χ2n) is 6.70. The van der Waals surface area contributed by atoms with Gasteiger partial charge in [0.25, 0.3) is 5.91 Å². The quantitative estimate of drug-likeness (QED) is 0.783. The molecule has 0 aliphatic carbocycles. The Morgan fingerprint density at radius 2 is 1.88 bits per heavy atom. The van der Waals surface area contributed by atoms with Crippen LogP contribution in [0.15, 0.2) is 54.9 Å². The van der Waals surface area contributed by atoms with E-state index >= 15 is 0 Å². The van der Waals surface area contributed by atoms with E-state index in [1.807, 2.05) is 36.5 Å². The van der Waals surface area contributed by atoms with Gasteiger partial charge >= 0.3 is 0 Å². The minimum absolute atomic E-state index is 0.0874. The second kappa shape index (κ2) is 7.17. The molecule has 1 N–H and O–H groups in total. The Kier molecular flexibility index (Phi) is 4.58. The lowest BCUT2D eigenvalue weighted by Crippen LogP contribution is -2.44. The number of hydrogen-bond donors (Lipinski definition) is 1. The third kappa shape index (κ3) is 3.41. The molecule has 6 heteroatoms. The highest BCUT2D eigenvalue weighted by atomic mass is 16.1. The van der Waals surface area contributed by atoms with E-state index in [0.717, 1.165) is 43.2 Å². The molecule has 134 valence electrons. The van der Waals surface area contributed by atoms with Gasteiger partial charge in [0.15, 0.2) is 0 Å². The molecule has 6 nitrogen and oxygen atoms in total. The first-order chi connectivity index (χ1) is 12.7. The van der Waals surface area contributed by atoms with Crippen LogP contribution in [-0.2, 0) is 6.54 Å². The SMILES string of the molecule is CN1CCN(c2ccc3ccc(C(=O)NCc4ccccn4)cn23)CC1. The smallest absolute Gasteiger partial charge is 0.253 e. The molecule has 1 aliphatic rings. The Balaban J connectivity index is 1.53. The number of amides is 1. The van der Waals surface area contributed by atoms with Gasteiger partial charge in [-0.2, -0.15) is 0 Å². The molecule has 0 aromatic carbocycles. The van der Waals surface area contributed by atoms with Gasteiger partial charge < -0.3 is 19.5 Å². The van der Waals surface area contributed by atoms with E-state index in [1.54, 1.807) is 6.20 Å². The minimum Gasteiger partial charge on any atom is -0.355 e. The maximum atomic E-state index is 12.5. The Morgan fingerprint density at radius 1 is 1.08 bits per heavy atom. The zero-order valence-electron chi connectivity index (χ0n) is 14.9. The average Bonchev–Trinajstić information content (AvgIpc) is 3.11. The number of carbonyl (C=O) groups is 1. The number of nitrogens with zero attached hydrogens (tertiary/aromatic N) is 4. The molecule has 4 heterocycles. The zero-order valence-corrected chi connectivity index (χ0v) is 14.9. The normalized spacial score (nSPS) is 15.3. The number of piperazine rings is 1. The summed E-state index contributed by atoms with van der Waals surface area (Å²) in [6.07, 6.45) is 3.66. The summed E-state index contributed by atoms with van der Waals surface area (Å²) in [6.45, 7) is 4.53. The van der Waals surface area contributed by atoms with Gasteiger partial charge in [0.1, 0.15) is 5.82 Å². The fourth-order valence-electron chi connectivity index (χ4n) is 3.29. The molecule has 0 bridgehead atoms. The molecular weight excluding hydrogens is 326 g/mol. The van der Waals surface area contributed by atoms with E-state index in [1.165, 1.54) is 0 Å². The van der Waals surface area contributed by atoms with Crippen LogP contribution in [0.5, 0.6) is 0 Å². The molecule has 0 spiro atoms. The van der Waals surface area contributed by atoms with Crippen LogP contribution in [0.2, 0.25) is 0 Å². The van der Waals surface area contributed by atoms with Crippen LogP contribution in [0.3, 0.4) is 0 Å². The molecule has 3 aromatic heterocycles. The number of pyridine rings is 2. The van der Waals surface area contributed by atoms with Crippen LogP contribution in [-0.4, -0.2) is 53.4 Å². The molecule has 3 aromatic rings. The topological polar surface area (TPSA) is 52.9 Å². The highest BCUT2D eigenvalue weighted by molar-refractivity contribution is 5.94. The number of aromatic nitrogens is 2. The molecule has 1 aliphatic heterocycles. The number of fused-ring (bicyclic) bond motifs is 1. The van der Waals surface area contributed by atoms with Gasteiger partial charge in [-0.3, -0.25) is 9.78 Å². The van der Waals surface area contributed by atoms with E-state index in [-0.39, 0.29) is 5.91 Å². The largest absolute Gasteiger partial charge is 0.355 e. The first-order valence-electron chi connectivity index (χ1n) is 8.93. The summed E-state index contributed by atoms with van der Waals surface area (Å²) in [7, 11) is 2.15. The van der Waals surface area contributed by atoms with Crippen molar-refractivity contribution in [1.29, 1.82) is 0 Å². The summed E-state index contributed by atoms with van der Waals surface area (Å²) in [5, 5.41) is 2.94. The van der Waals surface area contributed by atoms with Crippen LogP contribution in [0.4, 0.5) is 5.82 Å². The van der Waals surface area contributed by atoms with Gasteiger partial charge in [-0.05, 0) is 43.4 Å². The van der Waals surface area contributed by atoms with E-state index < -0.39 is 0 Å². The van der Waals surface area contributed by atoms with E-state index in [9.17, 15) is 4.79 Å². The summed E-state index contributed by atoms with van der Waals surface area (Å²) in [5.74, 6) is 1.06. The summed E-state index contributed by atoms with van der Waals surface area (Å²) in [5.41, 5.74) is 2.60. The zero-order chi connectivity index (χ0) is 17.9. The molecule has 0 atom stereocenters. The van der Waals surface area contributed by atoms with Crippen molar-refractivity contribution in [2.24, 2.45) is 0 Å². The van der Waals surface area contributed by atoms with Crippen LogP contribution in [0.25, 0.3) is 5.52 Å². The summed E-state index contributed by atoms with van der Waals surface area (Å²) >= 11 is 0. The van der Waals surface area contributed by atoms with Crippen LogP contribution in [0.1, 0.15) is 16.1 Å². The Morgan fingerprint density at radius 3 is 2.65 bits per heavy atom. The molecule has 1 amide bonds.